The van der Waals surface area contributed by atoms with Crippen molar-refractivity contribution in [1.82, 2.24) is 5.32 Å². The molecule has 4 nitrogen and oxygen atoms in total. The first kappa shape index (κ1) is 11.5. The first-order valence-corrected chi connectivity index (χ1v) is 5.44. The van der Waals surface area contributed by atoms with Crippen LogP contribution in [0.15, 0.2) is 10.5 Å². The van der Waals surface area contributed by atoms with Gasteiger partial charge in [0, 0.05) is 4.47 Å². The molecular weight excluding hydrogens is 294 g/mol. The monoisotopic (exact) mass is 297 g/mol. The van der Waals surface area contributed by atoms with E-state index in [1.165, 1.54) is 0 Å². The number of carbonyl (C=O) groups excluding carboxylic acids is 1. The molecule has 0 fully saturated rings. The third kappa shape index (κ3) is 2.97. The lowest BCUT2D eigenvalue weighted by atomic mass is 10.4. The third-order valence-corrected chi connectivity index (χ3v) is 3.74. The van der Waals surface area contributed by atoms with Crippen molar-refractivity contribution in [3.8, 4) is 0 Å². The Morgan fingerprint density at radius 3 is 2.71 bits per heavy atom. The Morgan fingerprint density at radius 1 is 1.64 bits per heavy atom. The lowest BCUT2D eigenvalue weighted by molar-refractivity contribution is -0.135. The minimum atomic E-state index is -1.08. The zero-order chi connectivity index (χ0) is 10.7. The number of carbonyl (C=O) groups is 2. The van der Waals surface area contributed by atoms with Crippen molar-refractivity contribution < 1.29 is 14.7 Å². The van der Waals surface area contributed by atoms with E-state index in [0.717, 1.165) is 11.3 Å². The predicted octanol–water partition coefficient (Wildman–Crippen LogP) is 1.98. The molecule has 0 saturated carbocycles. The second-order valence-electron chi connectivity index (χ2n) is 2.31. The van der Waals surface area contributed by atoms with E-state index in [4.69, 9.17) is 16.7 Å². The molecule has 1 heterocycles. The van der Waals surface area contributed by atoms with Gasteiger partial charge >= 0.3 is 5.97 Å². The first-order chi connectivity index (χ1) is 6.50. The molecule has 0 aromatic carbocycles. The molecule has 76 valence electrons. The van der Waals surface area contributed by atoms with Crippen molar-refractivity contribution in [3.63, 3.8) is 0 Å². The summed E-state index contributed by atoms with van der Waals surface area (Å²) in [7, 11) is 0. The van der Waals surface area contributed by atoms with E-state index < -0.39 is 18.4 Å². The number of aliphatic carboxylic acids is 1. The number of amides is 1. The van der Waals surface area contributed by atoms with Gasteiger partial charge in [0.05, 0.1) is 4.88 Å². The normalized spacial score (nSPS) is 9.86. The lowest BCUT2D eigenvalue weighted by Crippen LogP contribution is -2.28. The van der Waals surface area contributed by atoms with Crippen molar-refractivity contribution in [2.75, 3.05) is 6.54 Å². The number of halogens is 2. The Morgan fingerprint density at radius 2 is 2.29 bits per heavy atom. The molecule has 0 radical (unpaired) electrons. The zero-order valence-electron chi connectivity index (χ0n) is 6.71. The van der Waals surface area contributed by atoms with E-state index in [2.05, 4.69) is 21.2 Å². The van der Waals surface area contributed by atoms with Crippen LogP contribution < -0.4 is 5.32 Å². The van der Waals surface area contributed by atoms with Gasteiger partial charge in [0.15, 0.2) is 0 Å². The summed E-state index contributed by atoms with van der Waals surface area (Å²) in [5.74, 6) is -1.52. The number of hydrogen-bond donors (Lipinski definition) is 2. The van der Waals surface area contributed by atoms with Crippen molar-refractivity contribution in [2.24, 2.45) is 0 Å². The summed E-state index contributed by atoms with van der Waals surface area (Å²) >= 11 is 9.95. The minimum absolute atomic E-state index is 0.378. The van der Waals surface area contributed by atoms with Crippen molar-refractivity contribution in [2.45, 2.75) is 0 Å². The number of thiophene rings is 1. The Labute approximate surface area is 97.0 Å². The highest BCUT2D eigenvalue weighted by Gasteiger charge is 2.12. The topological polar surface area (TPSA) is 66.4 Å². The van der Waals surface area contributed by atoms with Crippen LogP contribution in [0.2, 0.25) is 4.34 Å². The molecule has 2 N–H and O–H groups in total. The predicted molar refractivity (Wildman–Crippen MR) is 57.0 cm³/mol. The highest BCUT2D eigenvalue weighted by Crippen LogP contribution is 2.31. The van der Waals surface area contributed by atoms with Gasteiger partial charge in [-0.3, -0.25) is 9.59 Å². The second-order valence-corrected chi connectivity index (χ2v) is 4.82. The van der Waals surface area contributed by atoms with Gasteiger partial charge in [0.25, 0.3) is 5.91 Å². The summed E-state index contributed by atoms with van der Waals surface area (Å²) in [4.78, 5) is 21.8. The molecule has 0 bridgehead atoms. The Kier molecular flexibility index (Phi) is 3.91. The summed E-state index contributed by atoms with van der Waals surface area (Å²) in [5, 5.41) is 10.6. The summed E-state index contributed by atoms with van der Waals surface area (Å²) in [6.07, 6.45) is 0. The van der Waals surface area contributed by atoms with Crippen LogP contribution >= 0.6 is 38.9 Å². The van der Waals surface area contributed by atoms with Crippen LogP contribution in [-0.2, 0) is 4.79 Å². The van der Waals surface area contributed by atoms with Gasteiger partial charge in [-0.1, -0.05) is 11.6 Å². The van der Waals surface area contributed by atoms with Gasteiger partial charge < -0.3 is 10.4 Å². The maximum Gasteiger partial charge on any atom is 0.322 e. The Balaban J connectivity index is 2.65. The summed E-state index contributed by atoms with van der Waals surface area (Å²) in [6, 6.07) is 1.55. The largest absolute Gasteiger partial charge is 0.480 e. The van der Waals surface area contributed by atoms with E-state index >= 15 is 0 Å². The minimum Gasteiger partial charge on any atom is -0.480 e. The van der Waals surface area contributed by atoms with E-state index in [0.29, 0.717) is 13.7 Å². The van der Waals surface area contributed by atoms with Gasteiger partial charge in [-0.05, 0) is 22.0 Å². The molecule has 14 heavy (non-hydrogen) atoms. The van der Waals surface area contributed by atoms with Crippen LogP contribution in [0, 0.1) is 0 Å². The number of hydrogen-bond acceptors (Lipinski definition) is 3. The average molecular weight is 299 g/mol. The van der Waals surface area contributed by atoms with E-state index in [-0.39, 0.29) is 0 Å². The number of nitrogens with one attached hydrogen (secondary N) is 1. The van der Waals surface area contributed by atoms with Gasteiger partial charge in [-0.15, -0.1) is 11.3 Å². The average Bonchev–Trinajstić information content (AvgIpc) is 2.43. The quantitative estimate of drug-likeness (QED) is 0.896. The first-order valence-electron chi connectivity index (χ1n) is 3.45. The van der Waals surface area contributed by atoms with E-state index in [9.17, 15) is 9.59 Å². The van der Waals surface area contributed by atoms with Gasteiger partial charge in [0.1, 0.15) is 10.9 Å². The summed E-state index contributed by atoms with van der Waals surface area (Å²) < 4.78 is 1.09. The summed E-state index contributed by atoms with van der Waals surface area (Å²) in [5.41, 5.74) is 0. The fourth-order valence-electron chi connectivity index (χ4n) is 0.701. The fourth-order valence-corrected chi connectivity index (χ4v) is 2.32. The zero-order valence-corrected chi connectivity index (χ0v) is 9.87. The molecule has 1 aromatic rings. The third-order valence-electron chi connectivity index (χ3n) is 1.27. The number of rotatable bonds is 3. The molecular formula is C7H5BrClNO3S. The van der Waals surface area contributed by atoms with Crippen LogP contribution in [0.3, 0.4) is 0 Å². The molecule has 1 rings (SSSR count). The van der Waals surface area contributed by atoms with Crippen LogP contribution in [0.25, 0.3) is 0 Å². The van der Waals surface area contributed by atoms with Crippen molar-refractivity contribution in [1.29, 1.82) is 0 Å². The van der Waals surface area contributed by atoms with Crippen LogP contribution in [-0.4, -0.2) is 23.5 Å². The number of carboxylic acid groups (broad SMARTS) is 1. The maximum atomic E-state index is 11.3. The van der Waals surface area contributed by atoms with Crippen molar-refractivity contribution in [3.05, 3.63) is 19.8 Å². The number of carboxylic acids is 1. The molecule has 7 heteroatoms. The second kappa shape index (κ2) is 4.77. The fraction of sp³-hybridized carbons (Fsp3) is 0.143. The Hall–Kier alpha value is -0.590. The van der Waals surface area contributed by atoms with Gasteiger partial charge in [-0.25, -0.2) is 0 Å². The standard InChI is InChI=1S/C7H5BrClNO3S/c8-3-1-4(14-6(3)9)7(13)10-2-5(11)12/h1H,2H2,(H,10,13)(H,11,12). The highest BCUT2D eigenvalue weighted by atomic mass is 79.9. The summed E-state index contributed by atoms with van der Waals surface area (Å²) in [6.45, 7) is -0.397. The molecule has 1 amide bonds. The SMILES string of the molecule is O=C(O)CNC(=O)c1cc(Br)c(Cl)s1. The molecule has 0 saturated heterocycles. The lowest BCUT2D eigenvalue weighted by Gasteiger charge is -1.97. The van der Waals surface area contributed by atoms with E-state index in [1.54, 1.807) is 6.07 Å². The van der Waals surface area contributed by atoms with Gasteiger partial charge in [0.2, 0.25) is 0 Å². The van der Waals surface area contributed by atoms with Gasteiger partial charge in [-0.2, -0.15) is 0 Å². The molecule has 1 aromatic heterocycles. The molecule has 0 atom stereocenters. The van der Waals surface area contributed by atoms with Crippen molar-refractivity contribution >= 4 is 50.7 Å². The molecule has 0 unspecified atom stereocenters. The van der Waals surface area contributed by atoms with Crippen LogP contribution in [0.1, 0.15) is 9.67 Å². The maximum absolute atomic E-state index is 11.3. The smallest absolute Gasteiger partial charge is 0.322 e. The van der Waals surface area contributed by atoms with Crippen LogP contribution in [0.4, 0.5) is 0 Å². The molecule has 0 aliphatic rings. The molecule has 0 aliphatic carbocycles. The molecule has 0 aliphatic heterocycles. The Bertz CT molecular complexity index is 360. The van der Waals surface area contributed by atoms with Crippen LogP contribution in [0.5, 0.6) is 0 Å². The highest BCUT2D eigenvalue weighted by molar-refractivity contribution is 9.10. The van der Waals surface area contributed by atoms with E-state index in [1.807, 2.05) is 0 Å². The molecule has 0 spiro atoms.